The molecule has 3 nitrogen and oxygen atoms in total. The summed E-state index contributed by atoms with van der Waals surface area (Å²) in [4.78, 5) is 13.0. The van der Waals surface area contributed by atoms with Gasteiger partial charge in [-0.25, -0.2) is 0 Å². The third-order valence-corrected chi connectivity index (χ3v) is 2.63. The molecule has 0 spiro atoms. The molecule has 0 aliphatic carbocycles. The molecular weight excluding hydrogens is 200 g/mol. The van der Waals surface area contributed by atoms with Crippen molar-refractivity contribution in [1.29, 1.82) is 0 Å². The van der Waals surface area contributed by atoms with Gasteiger partial charge in [-0.2, -0.15) is 0 Å². The molecule has 1 aromatic rings. The van der Waals surface area contributed by atoms with Crippen molar-refractivity contribution < 1.29 is 4.79 Å². The second-order valence-corrected chi connectivity index (χ2v) is 4.33. The minimum absolute atomic E-state index is 0.0129. The van der Waals surface area contributed by atoms with Crippen molar-refractivity contribution in [3.05, 3.63) is 35.4 Å². The van der Waals surface area contributed by atoms with Crippen LogP contribution in [0, 0.1) is 6.92 Å². The van der Waals surface area contributed by atoms with Crippen molar-refractivity contribution in [3.8, 4) is 0 Å². The molecule has 0 aromatic heterocycles. The molecule has 0 heterocycles. The molecule has 3 heteroatoms. The van der Waals surface area contributed by atoms with Crippen molar-refractivity contribution in [2.24, 2.45) is 0 Å². The van der Waals surface area contributed by atoms with E-state index in [9.17, 15) is 4.79 Å². The lowest BCUT2D eigenvalue weighted by Gasteiger charge is -2.25. The largest absolute Gasteiger partial charge is 0.354 e. The molecule has 16 heavy (non-hydrogen) atoms. The van der Waals surface area contributed by atoms with Crippen LogP contribution in [0.1, 0.15) is 24.1 Å². The van der Waals surface area contributed by atoms with Crippen LogP contribution in [0.5, 0.6) is 0 Å². The minimum Gasteiger partial charge on any atom is -0.354 e. The van der Waals surface area contributed by atoms with Crippen molar-refractivity contribution in [2.45, 2.75) is 19.9 Å². The highest BCUT2D eigenvalue weighted by Gasteiger charge is 2.13. The van der Waals surface area contributed by atoms with Gasteiger partial charge in [0.1, 0.15) is 0 Å². The number of aryl methyl sites for hydroxylation is 1. The first kappa shape index (κ1) is 12.7. The average Bonchev–Trinajstić information content (AvgIpc) is 2.20. The van der Waals surface area contributed by atoms with E-state index in [0.29, 0.717) is 6.54 Å². The molecule has 1 N–H and O–H groups in total. The van der Waals surface area contributed by atoms with Crippen molar-refractivity contribution in [1.82, 2.24) is 10.2 Å². The van der Waals surface area contributed by atoms with Gasteiger partial charge in [0.2, 0.25) is 5.91 Å². The third kappa shape index (κ3) is 3.66. The predicted molar refractivity (Wildman–Crippen MR) is 66.3 cm³/mol. The molecular formula is C13H20N2O. The zero-order chi connectivity index (χ0) is 12.1. The fraction of sp³-hybridized carbons (Fsp3) is 0.462. The number of nitrogens with zero attached hydrogens (tertiary/aromatic N) is 1. The molecule has 1 aromatic carbocycles. The Hall–Kier alpha value is -1.35. The van der Waals surface area contributed by atoms with Crippen LogP contribution in [-0.2, 0) is 4.79 Å². The van der Waals surface area contributed by atoms with E-state index in [4.69, 9.17) is 0 Å². The summed E-state index contributed by atoms with van der Waals surface area (Å²) in [7, 11) is 4.04. The van der Waals surface area contributed by atoms with E-state index in [1.54, 1.807) is 6.92 Å². The number of nitrogens with one attached hydrogen (secondary N) is 1. The number of hydrogen-bond acceptors (Lipinski definition) is 2. The Morgan fingerprint density at radius 2 is 1.88 bits per heavy atom. The highest BCUT2D eigenvalue weighted by molar-refractivity contribution is 5.72. The molecule has 1 atom stereocenters. The Morgan fingerprint density at radius 1 is 1.31 bits per heavy atom. The van der Waals surface area contributed by atoms with Crippen LogP contribution in [0.25, 0.3) is 0 Å². The van der Waals surface area contributed by atoms with E-state index in [1.807, 2.05) is 14.1 Å². The van der Waals surface area contributed by atoms with Crippen molar-refractivity contribution in [2.75, 3.05) is 20.6 Å². The van der Waals surface area contributed by atoms with Crippen LogP contribution in [0.4, 0.5) is 0 Å². The van der Waals surface area contributed by atoms with Gasteiger partial charge in [0.15, 0.2) is 0 Å². The number of rotatable bonds is 4. The lowest BCUT2D eigenvalue weighted by molar-refractivity contribution is -0.119. The smallest absolute Gasteiger partial charge is 0.216 e. The van der Waals surface area contributed by atoms with E-state index < -0.39 is 0 Å². The van der Waals surface area contributed by atoms with E-state index in [2.05, 4.69) is 41.4 Å². The van der Waals surface area contributed by atoms with Gasteiger partial charge in [0.25, 0.3) is 0 Å². The van der Waals surface area contributed by atoms with Crippen molar-refractivity contribution >= 4 is 5.91 Å². The summed E-state index contributed by atoms with van der Waals surface area (Å²) in [5.41, 5.74) is 2.48. The van der Waals surface area contributed by atoms with Crippen LogP contribution >= 0.6 is 0 Å². The van der Waals surface area contributed by atoms with E-state index in [-0.39, 0.29) is 11.9 Å². The molecule has 0 bridgehead atoms. The summed E-state index contributed by atoms with van der Waals surface area (Å²) in [6.45, 7) is 4.26. The fourth-order valence-electron chi connectivity index (χ4n) is 1.63. The normalized spacial score (nSPS) is 12.6. The highest BCUT2D eigenvalue weighted by Crippen LogP contribution is 2.17. The third-order valence-electron chi connectivity index (χ3n) is 2.63. The molecule has 88 valence electrons. The molecule has 0 aliphatic rings. The van der Waals surface area contributed by atoms with Gasteiger partial charge in [-0.05, 0) is 26.6 Å². The minimum atomic E-state index is 0.0129. The van der Waals surface area contributed by atoms with Crippen LogP contribution in [0.15, 0.2) is 24.3 Å². The Bertz CT molecular complexity index is 343. The van der Waals surface area contributed by atoms with Crippen LogP contribution in [0.3, 0.4) is 0 Å². The maximum absolute atomic E-state index is 10.9. The van der Waals surface area contributed by atoms with Gasteiger partial charge in [-0.3, -0.25) is 4.79 Å². The Morgan fingerprint density at radius 3 is 2.31 bits per heavy atom. The van der Waals surface area contributed by atoms with Gasteiger partial charge in [0, 0.05) is 13.5 Å². The maximum Gasteiger partial charge on any atom is 0.216 e. The molecule has 0 saturated heterocycles. The predicted octanol–water partition coefficient (Wildman–Crippen LogP) is 1.73. The molecule has 0 unspecified atom stereocenters. The van der Waals surface area contributed by atoms with Gasteiger partial charge < -0.3 is 10.2 Å². The van der Waals surface area contributed by atoms with Crippen LogP contribution < -0.4 is 5.32 Å². The number of carbonyl (C=O) groups is 1. The molecule has 1 amide bonds. The lowest BCUT2D eigenvalue weighted by atomic mass is 10.0. The fourth-order valence-corrected chi connectivity index (χ4v) is 1.63. The number of benzene rings is 1. The van der Waals surface area contributed by atoms with E-state index in [0.717, 1.165) is 0 Å². The summed E-state index contributed by atoms with van der Waals surface area (Å²) in [5, 5.41) is 2.86. The number of carbonyl (C=O) groups excluding carboxylic acids is 1. The first-order chi connectivity index (χ1) is 7.50. The molecule has 0 fully saturated rings. The Kier molecular flexibility index (Phi) is 4.50. The second-order valence-electron chi connectivity index (χ2n) is 4.33. The van der Waals surface area contributed by atoms with Gasteiger partial charge in [-0.1, -0.05) is 29.8 Å². The monoisotopic (exact) mass is 220 g/mol. The number of amides is 1. The standard InChI is InChI=1S/C13H20N2O/c1-10-5-7-12(8-6-10)13(15(3)4)9-14-11(2)16/h5-8,13H,9H2,1-4H3,(H,14,16)/t13-/m0/s1. The zero-order valence-corrected chi connectivity index (χ0v) is 10.4. The maximum atomic E-state index is 10.9. The zero-order valence-electron chi connectivity index (χ0n) is 10.4. The molecule has 1 rings (SSSR count). The first-order valence-electron chi connectivity index (χ1n) is 5.48. The summed E-state index contributed by atoms with van der Waals surface area (Å²) in [6.07, 6.45) is 0. The second kappa shape index (κ2) is 5.66. The molecule has 0 aliphatic heterocycles. The summed E-state index contributed by atoms with van der Waals surface area (Å²) in [6, 6.07) is 8.65. The quantitative estimate of drug-likeness (QED) is 0.838. The lowest BCUT2D eigenvalue weighted by Crippen LogP contribution is -2.33. The molecule has 0 radical (unpaired) electrons. The topological polar surface area (TPSA) is 32.3 Å². The molecule has 0 saturated carbocycles. The summed E-state index contributed by atoms with van der Waals surface area (Å²) in [5.74, 6) is 0.0129. The van der Waals surface area contributed by atoms with Gasteiger partial charge >= 0.3 is 0 Å². The number of hydrogen-bond donors (Lipinski definition) is 1. The number of likely N-dealkylation sites (N-methyl/N-ethyl adjacent to an activating group) is 1. The average molecular weight is 220 g/mol. The Labute approximate surface area is 97.5 Å². The summed E-state index contributed by atoms with van der Waals surface area (Å²) >= 11 is 0. The van der Waals surface area contributed by atoms with E-state index in [1.165, 1.54) is 11.1 Å². The highest BCUT2D eigenvalue weighted by atomic mass is 16.1. The van der Waals surface area contributed by atoms with Crippen LogP contribution in [-0.4, -0.2) is 31.4 Å². The SMILES string of the molecule is CC(=O)NC[C@@H](c1ccc(C)cc1)N(C)C. The van der Waals surface area contributed by atoms with Gasteiger partial charge in [-0.15, -0.1) is 0 Å². The first-order valence-corrected chi connectivity index (χ1v) is 5.48. The van der Waals surface area contributed by atoms with Gasteiger partial charge in [0.05, 0.1) is 6.04 Å². The summed E-state index contributed by atoms with van der Waals surface area (Å²) < 4.78 is 0. The van der Waals surface area contributed by atoms with Crippen LogP contribution in [0.2, 0.25) is 0 Å². The van der Waals surface area contributed by atoms with Crippen molar-refractivity contribution in [3.63, 3.8) is 0 Å². The van der Waals surface area contributed by atoms with E-state index >= 15 is 0 Å². The Balaban J connectivity index is 2.77.